The van der Waals surface area contributed by atoms with Gasteiger partial charge in [-0.3, -0.25) is 4.79 Å². The Bertz CT molecular complexity index is 672. The molecule has 0 heterocycles. The number of benzene rings is 2. The van der Waals surface area contributed by atoms with Gasteiger partial charge >= 0.3 is 5.97 Å². The van der Waals surface area contributed by atoms with Gasteiger partial charge in [-0.1, -0.05) is 37.1 Å². The highest BCUT2D eigenvalue weighted by atomic mass is 35.5. The van der Waals surface area contributed by atoms with E-state index >= 15 is 0 Å². The van der Waals surface area contributed by atoms with E-state index in [1.54, 1.807) is 0 Å². The van der Waals surface area contributed by atoms with E-state index in [-0.39, 0.29) is 5.97 Å². The molecule has 0 aliphatic carbocycles. The molecule has 2 aromatic carbocycles. The maximum atomic E-state index is 11.9. The van der Waals surface area contributed by atoms with Gasteiger partial charge in [-0.05, 0) is 61.2 Å². The summed E-state index contributed by atoms with van der Waals surface area (Å²) in [6.45, 7) is 6.71. The van der Waals surface area contributed by atoms with Crippen LogP contribution < -0.4 is 10.1 Å². The number of hydrogen-bond acceptors (Lipinski definition) is 3. The van der Waals surface area contributed by atoms with E-state index in [0.717, 1.165) is 40.2 Å². The first kappa shape index (κ1) is 18.3. The Morgan fingerprint density at radius 2 is 1.75 bits per heavy atom. The molecule has 0 radical (unpaired) electrons. The minimum atomic E-state index is -0.157. The van der Waals surface area contributed by atoms with Gasteiger partial charge < -0.3 is 10.1 Å². The molecule has 0 fully saturated rings. The lowest BCUT2D eigenvalue weighted by Gasteiger charge is -2.14. The number of nitrogens with one attached hydrogen (secondary N) is 1. The van der Waals surface area contributed by atoms with Gasteiger partial charge in [0.25, 0.3) is 0 Å². The van der Waals surface area contributed by atoms with Crippen LogP contribution in [0.25, 0.3) is 0 Å². The Balaban J connectivity index is 2.03. The number of aryl methyl sites for hydroxylation is 2. The number of rotatable bonds is 7. The lowest BCUT2D eigenvalue weighted by atomic mass is 10.1. The number of ether oxygens (including phenoxy) is 1. The fraction of sp³-hybridized carbons (Fsp3) is 0.350. The van der Waals surface area contributed by atoms with Crippen LogP contribution in [0.2, 0.25) is 5.02 Å². The highest BCUT2D eigenvalue weighted by Gasteiger charge is 2.11. The van der Waals surface area contributed by atoms with E-state index in [1.807, 2.05) is 38.1 Å². The summed E-state index contributed by atoms with van der Waals surface area (Å²) < 4.78 is 5.53. The summed E-state index contributed by atoms with van der Waals surface area (Å²) >= 11 is 5.89. The van der Waals surface area contributed by atoms with Crippen LogP contribution >= 0.6 is 11.6 Å². The van der Waals surface area contributed by atoms with Gasteiger partial charge in [-0.2, -0.15) is 0 Å². The molecule has 0 aliphatic rings. The van der Waals surface area contributed by atoms with Gasteiger partial charge in [0.15, 0.2) is 0 Å². The second kappa shape index (κ2) is 8.74. The molecule has 0 bridgehead atoms. The average Bonchev–Trinajstić information content (AvgIpc) is 2.56. The number of carbonyl (C=O) groups is 1. The number of carbonyl (C=O) groups excluding carboxylic acids is 1. The van der Waals surface area contributed by atoms with Crippen molar-refractivity contribution >= 4 is 23.3 Å². The molecule has 0 unspecified atom stereocenters. The fourth-order valence-electron chi connectivity index (χ4n) is 2.56. The van der Waals surface area contributed by atoms with E-state index in [0.29, 0.717) is 18.7 Å². The highest BCUT2D eigenvalue weighted by Crippen LogP contribution is 2.26. The highest BCUT2D eigenvalue weighted by molar-refractivity contribution is 6.30. The zero-order chi connectivity index (χ0) is 17.5. The molecule has 0 aliphatic heterocycles. The molecular weight excluding hydrogens is 322 g/mol. The quantitative estimate of drug-likeness (QED) is 0.519. The zero-order valence-corrected chi connectivity index (χ0v) is 15.2. The molecular formula is C20H24ClNO2. The minimum Gasteiger partial charge on any atom is -0.426 e. The lowest BCUT2D eigenvalue weighted by molar-refractivity contribution is -0.134. The molecule has 0 aromatic heterocycles. The number of hydrogen-bond donors (Lipinski definition) is 1. The van der Waals surface area contributed by atoms with Gasteiger partial charge in [0.1, 0.15) is 5.75 Å². The number of esters is 1. The Morgan fingerprint density at radius 3 is 2.33 bits per heavy atom. The summed E-state index contributed by atoms with van der Waals surface area (Å²) in [4.78, 5) is 11.9. The molecule has 24 heavy (non-hydrogen) atoms. The Kier molecular flexibility index (Phi) is 6.68. The molecule has 1 N–H and O–H groups in total. The predicted molar refractivity (Wildman–Crippen MR) is 99.9 cm³/mol. The van der Waals surface area contributed by atoms with Crippen molar-refractivity contribution in [2.75, 3.05) is 5.32 Å². The summed E-state index contributed by atoms with van der Waals surface area (Å²) in [6.07, 6.45) is 2.32. The van der Waals surface area contributed by atoms with E-state index in [2.05, 4.69) is 24.4 Å². The molecule has 0 amide bonds. The first-order chi connectivity index (χ1) is 11.5. The van der Waals surface area contributed by atoms with Crippen molar-refractivity contribution in [3.05, 3.63) is 58.1 Å². The Hall–Kier alpha value is -2.00. The SMILES string of the molecule is CCCCC(=O)Oc1c(C)cc(CNc2ccc(Cl)cc2)cc1C. The van der Waals surface area contributed by atoms with Crippen LogP contribution in [0.3, 0.4) is 0 Å². The van der Waals surface area contributed by atoms with E-state index in [4.69, 9.17) is 16.3 Å². The summed E-state index contributed by atoms with van der Waals surface area (Å²) in [6, 6.07) is 11.7. The molecule has 0 saturated heterocycles. The van der Waals surface area contributed by atoms with Crippen LogP contribution in [0.4, 0.5) is 5.69 Å². The normalized spacial score (nSPS) is 10.5. The monoisotopic (exact) mass is 345 g/mol. The van der Waals surface area contributed by atoms with E-state index in [1.165, 1.54) is 0 Å². The molecule has 4 heteroatoms. The smallest absolute Gasteiger partial charge is 0.311 e. The van der Waals surface area contributed by atoms with Crippen LogP contribution in [-0.4, -0.2) is 5.97 Å². The third-order valence-corrected chi connectivity index (χ3v) is 4.06. The fourth-order valence-corrected chi connectivity index (χ4v) is 2.69. The van der Waals surface area contributed by atoms with Crippen LogP contribution in [0.1, 0.15) is 42.9 Å². The van der Waals surface area contributed by atoms with Crippen molar-refractivity contribution < 1.29 is 9.53 Å². The molecule has 2 aromatic rings. The third kappa shape index (κ3) is 5.27. The first-order valence-electron chi connectivity index (χ1n) is 8.30. The maximum Gasteiger partial charge on any atom is 0.311 e. The Morgan fingerprint density at radius 1 is 1.12 bits per heavy atom. The molecule has 0 spiro atoms. The summed E-state index contributed by atoms with van der Waals surface area (Å²) in [7, 11) is 0. The van der Waals surface area contributed by atoms with Crippen LogP contribution in [-0.2, 0) is 11.3 Å². The van der Waals surface area contributed by atoms with Gasteiger partial charge in [-0.25, -0.2) is 0 Å². The Labute approximate surface area is 149 Å². The third-order valence-electron chi connectivity index (χ3n) is 3.81. The zero-order valence-electron chi connectivity index (χ0n) is 14.5. The summed E-state index contributed by atoms with van der Waals surface area (Å²) in [5, 5.41) is 4.09. The van der Waals surface area contributed by atoms with Crippen molar-refractivity contribution in [2.45, 2.75) is 46.6 Å². The van der Waals surface area contributed by atoms with Gasteiger partial charge in [-0.15, -0.1) is 0 Å². The molecule has 0 atom stereocenters. The molecule has 0 saturated carbocycles. The molecule has 128 valence electrons. The largest absolute Gasteiger partial charge is 0.426 e. The summed E-state index contributed by atoms with van der Waals surface area (Å²) in [5.41, 5.74) is 4.12. The van der Waals surface area contributed by atoms with Crippen molar-refractivity contribution in [2.24, 2.45) is 0 Å². The number of halogens is 1. The predicted octanol–water partition coefficient (Wildman–Crippen LogP) is 5.66. The summed E-state index contributed by atoms with van der Waals surface area (Å²) in [5.74, 6) is 0.529. The first-order valence-corrected chi connectivity index (χ1v) is 8.67. The second-order valence-electron chi connectivity index (χ2n) is 6.00. The van der Waals surface area contributed by atoms with Crippen molar-refractivity contribution in [1.29, 1.82) is 0 Å². The van der Waals surface area contributed by atoms with Gasteiger partial charge in [0.2, 0.25) is 0 Å². The average molecular weight is 346 g/mol. The maximum absolute atomic E-state index is 11.9. The standard InChI is InChI=1S/C20H24ClNO2/c1-4-5-6-19(23)24-20-14(2)11-16(12-15(20)3)13-22-18-9-7-17(21)8-10-18/h7-12,22H,4-6,13H2,1-3H3. The van der Waals surface area contributed by atoms with Crippen LogP contribution in [0.15, 0.2) is 36.4 Å². The van der Waals surface area contributed by atoms with Gasteiger partial charge in [0.05, 0.1) is 0 Å². The molecule has 3 nitrogen and oxygen atoms in total. The van der Waals surface area contributed by atoms with Crippen molar-refractivity contribution in [1.82, 2.24) is 0 Å². The molecule has 2 rings (SSSR count). The van der Waals surface area contributed by atoms with Gasteiger partial charge in [0, 0.05) is 23.7 Å². The minimum absolute atomic E-state index is 0.157. The van der Waals surface area contributed by atoms with Crippen LogP contribution in [0.5, 0.6) is 5.75 Å². The number of unbranched alkanes of at least 4 members (excludes halogenated alkanes) is 1. The van der Waals surface area contributed by atoms with Crippen molar-refractivity contribution in [3.8, 4) is 5.75 Å². The number of anilines is 1. The van der Waals surface area contributed by atoms with E-state index < -0.39 is 0 Å². The second-order valence-corrected chi connectivity index (χ2v) is 6.43. The lowest BCUT2D eigenvalue weighted by Crippen LogP contribution is -2.10. The topological polar surface area (TPSA) is 38.3 Å². The van der Waals surface area contributed by atoms with E-state index in [9.17, 15) is 4.79 Å². The van der Waals surface area contributed by atoms with Crippen molar-refractivity contribution in [3.63, 3.8) is 0 Å². The van der Waals surface area contributed by atoms with Crippen LogP contribution in [0, 0.1) is 13.8 Å².